The van der Waals surface area contributed by atoms with Crippen molar-refractivity contribution in [2.24, 2.45) is 0 Å². The molecule has 0 fully saturated rings. The second-order valence-corrected chi connectivity index (χ2v) is 13.0. The summed E-state index contributed by atoms with van der Waals surface area (Å²) in [7, 11) is 0. The van der Waals surface area contributed by atoms with E-state index in [2.05, 4.69) is 187 Å². The number of aromatic nitrogens is 2. The Morgan fingerprint density at radius 1 is 0.400 bits per heavy atom. The van der Waals surface area contributed by atoms with Crippen LogP contribution in [0.25, 0.3) is 44.9 Å². The van der Waals surface area contributed by atoms with Crippen LogP contribution < -0.4 is 4.90 Å². The minimum atomic E-state index is -0.577. The van der Waals surface area contributed by atoms with Gasteiger partial charge in [-0.05, 0) is 81.9 Å². The van der Waals surface area contributed by atoms with Gasteiger partial charge in [-0.15, -0.1) is 0 Å². The highest BCUT2D eigenvalue weighted by Crippen LogP contribution is 2.63. The summed E-state index contributed by atoms with van der Waals surface area (Å²) in [4.78, 5) is 12.8. The third kappa shape index (κ3) is 4.17. The molecule has 0 amide bonds. The van der Waals surface area contributed by atoms with E-state index in [9.17, 15) is 0 Å². The summed E-state index contributed by atoms with van der Waals surface area (Å²) in [5, 5.41) is 0. The van der Waals surface area contributed by atoms with E-state index in [0.29, 0.717) is 0 Å². The average Bonchev–Trinajstić information content (AvgIpc) is 3.49. The molecule has 0 saturated carbocycles. The Balaban J connectivity index is 1.26. The summed E-state index contributed by atoms with van der Waals surface area (Å²) in [6, 6.07) is 65.2. The van der Waals surface area contributed by atoms with Gasteiger partial charge in [0, 0.05) is 28.6 Å². The summed E-state index contributed by atoms with van der Waals surface area (Å²) in [6.45, 7) is 0. The first-order valence-corrected chi connectivity index (χ1v) is 17.1. The Morgan fingerprint density at radius 2 is 0.960 bits per heavy atom. The van der Waals surface area contributed by atoms with Gasteiger partial charge >= 0.3 is 0 Å². The third-order valence-electron chi connectivity index (χ3n) is 10.3. The van der Waals surface area contributed by atoms with Crippen molar-refractivity contribution in [1.82, 2.24) is 9.97 Å². The first-order valence-electron chi connectivity index (χ1n) is 17.1. The van der Waals surface area contributed by atoms with Crippen molar-refractivity contribution < 1.29 is 0 Å². The van der Waals surface area contributed by atoms with Crippen LogP contribution >= 0.6 is 0 Å². The van der Waals surface area contributed by atoms with E-state index < -0.39 is 5.41 Å². The summed E-state index contributed by atoms with van der Waals surface area (Å²) >= 11 is 0. The van der Waals surface area contributed by atoms with E-state index in [1.165, 1.54) is 39.2 Å². The van der Waals surface area contributed by atoms with Crippen LogP contribution in [0.2, 0.25) is 0 Å². The summed E-state index contributed by atoms with van der Waals surface area (Å²) < 4.78 is 0. The van der Waals surface area contributed by atoms with Crippen LogP contribution in [-0.2, 0) is 5.41 Å². The van der Waals surface area contributed by atoms with E-state index in [1.54, 1.807) is 0 Å². The van der Waals surface area contributed by atoms with Gasteiger partial charge in [-0.1, -0.05) is 133 Å². The maximum absolute atomic E-state index is 5.32. The van der Waals surface area contributed by atoms with Gasteiger partial charge in [0.2, 0.25) is 0 Å². The number of nitrogens with zero attached hydrogens (tertiary/aromatic N) is 3. The summed E-state index contributed by atoms with van der Waals surface area (Å²) in [6.07, 6.45) is 1.92. The molecule has 3 heteroatoms. The Morgan fingerprint density at radius 3 is 1.64 bits per heavy atom. The molecule has 50 heavy (non-hydrogen) atoms. The number of hydrogen-bond donors (Lipinski definition) is 0. The molecule has 1 aliphatic heterocycles. The van der Waals surface area contributed by atoms with E-state index in [0.717, 1.165) is 45.0 Å². The molecule has 0 unspecified atom stereocenters. The fraction of sp³-hybridized carbons (Fsp3) is 0.0213. The largest absolute Gasteiger partial charge is 0.310 e. The molecule has 234 valence electrons. The molecule has 0 radical (unpaired) electrons. The maximum atomic E-state index is 5.32. The molecule has 0 bridgehead atoms. The van der Waals surface area contributed by atoms with Crippen LogP contribution in [0.3, 0.4) is 0 Å². The molecule has 2 aliphatic rings. The molecule has 8 aromatic rings. The Hall–Kier alpha value is -6.58. The van der Waals surface area contributed by atoms with Gasteiger partial charge in [0.15, 0.2) is 0 Å². The highest BCUT2D eigenvalue weighted by molar-refractivity contribution is 5.95. The van der Waals surface area contributed by atoms with E-state index in [4.69, 9.17) is 9.97 Å². The first-order chi connectivity index (χ1) is 24.8. The molecule has 3 nitrogen and oxygen atoms in total. The first kappa shape index (κ1) is 28.4. The Bertz CT molecular complexity index is 2440. The van der Waals surface area contributed by atoms with Gasteiger partial charge in [-0.25, -0.2) is 4.98 Å². The zero-order valence-electron chi connectivity index (χ0n) is 27.2. The number of hydrogen-bond acceptors (Lipinski definition) is 3. The lowest BCUT2D eigenvalue weighted by Crippen LogP contribution is -2.36. The van der Waals surface area contributed by atoms with Crippen molar-refractivity contribution in [3.05, 3.63) is 210 Å². The van der Waals surface area contributed by atoms with Crippen LogP contribution in [0.4, 0.5) is 17.1 Å². The average molecular weight is 638 g/mol. The SMILES string of the molecule is c1ccc(-c2cc(-c3ccccc3)nc(-c3ccc4c(c3)C3(c5ccccc5N(c5ccccc5)c5ccccc53)c3cccnc3-4)c2)cc1. The number of fused-ring (bicyclic) bond motifs is 9. The van der Waals surface area contributed by atoms with Gasteiger partial charge in [0.1, 0.15) is 0 Å². The predicted molar refractivity (Wildman–Crippen MR) is 204 cm³/mol. The van der Waals surface area contributed by atoms with Gasteiger partial charge in [-0.2, -0.15) is 0 Å². The number of anilines is 3. The molecule has 1 spiro atoms. The lowest BCUT2D eigenvalue weighted by atomic mass is 9.64. The van der Waals surface area contributed by atoms with Gasteiger partial charge in [0.05, 0.1) is 33.9 Å². The number of benzene rings is 6. The van der Waals surface area contributed by atoms with E-state index >= 15 is 0 Å². The quantitative estimate of drug-likeness (QED) is 0.192. The van der Waals surface area contributed by atoms with Crippen molar-refractivity contribution >= 4 is 17.1 Å². The molecule has 2 aromatic heterocycles. The van der Waals surface area contributed by atoms with Gasteiger partial charge in [0.25, 0.3) is 0 Å². The topological polar surface area (TPSA) is 29.0 Å². The second kappa shape index (κ2) is 11.3. The zero-order chi connectivity index (χ0) is 33.1. The monoisotopic (exact) mass is 637 g/mol. The highest BCUT2D eigenvalue weighted by atomic mass is 15.2. The van der Waals surface area contributed by atoms with Crippen LogP contribution in [0.5, 0.6) is 0 Å². The fourth-order valence-corrected chi connectivity index (χ4v) is 8.20. The van der Waals surface area contributed by atoms with Crippen LogP contribution in [0, 0.1) is 0 Å². The minimum Gasteiger partial charge on any atom is -0.310 e. The van der Waals surface area contributed by atoms with Crippen molar-refractivity contribution in [3.8, 4) is 44.9 Å². The molecule has 1 aliphatic carbocycles. The smallest absolute Gasteiger partial charge is 0.0770 e. The molecule has 0 saturated heterocycles. The minimum absolute atomic E-state index is 0.577. The molecular formula is C47H31N3. The molecule has 0 atom stereocenters. The Labute approximate surface area is 291 Å². The molecule has 0 N–H and O–H groups in total. The lowest BCUT2D eigenvalue weighted by molar-refractivity contribution is 0.751. The van der Waals surface area contributed by atoms with E-state index in [1.807, 2.05) is 6.20 Å². The standard InChI is InChI=1S/C47H31N3/c1-4-15-32(16-5-1)35-30-42(33-17-6-2-7-18-33)49-43(31-35)34-26-27-37-41(29-34)47(40-23-14-28-48-46(37)40)38-21-10-12-24-44(38)50(36-19-8-3-9-20-36)45-25-13-11-22-39(45)47/h1-31H. The number of para-hydroxylation sites is 3. The normalized spacial score (nSPS) is 13.3. The molecule has 10 rings (SSSR count). The van der Waals surface area contributed by atoms with E-state index in [-0.39, 0.29) is 0 Å². The van der Waals surface area contributed by atoms with Crippen molar-refractivity contribution in [2.45, 2.75) is 5.41 Å². The maximum Gasteiger partial charge on any atom is 0.0770 e. The lowest BCUT2D eigenvalue weighted by Gasteiger charge is -2.44. The Kier molecular flexibility index (Phi) is 6.40. The third-order valence-corrected chi connectivity index (χ3v) is 10.3. The summed E-state index contributed by atoms with van der Waals surface area (Å²) in [5.41, 5.74) is 16.4. The van der Waals surface area contributed by atoms with Crippen molar-refractivity contribution in [2.75, 3.05) is 4.90 Å². The molecule has 6 aromatic carbocycles. The highest BCUT2D eigenvalue weighted by Gasteiger charge is 2.52. The zero-order valence-corrected chi connectivity index (χ0v) is 27.2. The second-order valence-electron chi connectivity index (χ2n) is 13.0. The van der Waals surface area contributed by atoms with Crippen molar-refractivity contribution in [1.29, 1.82) is 0 Å². The number of pyridine rings is 2. The predicted octanol–water partition coefficient (Wildman–Crippen LogP) is 11.6. The molecule has 3 heterocycles. The van der Waals surface area contributed by atoms with Crippen LogP contribution in [0.1, 0.15) is 22.3 Å². The van der Waals surface area contributed by atoms with Crippen LogP contribution in [0.15, 0.2) is 188 Å². The summed E-state index contributed by atoms with van der Waals surface area (Å²) in [5.74, 6) is 0. The van der Waals surface area contributed by atoms with Gasteiger partial charge in [-0.3, -0.25) is 4.98 Å². The van der Waals surface area contributed by atoms with Crippen LogP contribution in [-0.4, -0.2) is 9.97 Å². The fourth-order valence-electron chi connectivity index (χ4n) is 8.20. The van der Waals surface area contributed by atoms with Crippen molar-refractivity contribution in [3.63, 3.8) is 0 Å². The number of rotatable bonds is 4. The molecular weight excluding hydrogens is 607 g/mol. The van der Waals surface area contributed by atoms with Gasteiger partial charge < -0.3 is 4.90 Å².